The van der Waals surface area contributed by atoms with Gasteiger partial charge in [-0.1, -0.05) is 91.4 Å². The number of β-lactam (4-membered cyclic amide) rings is 1. The van der Waals surface area contributed by atoms with Crippen molar-refractivity contribution in [1.29, 1.82) is 0 Å². The number of benzene rings is 3. The number of alkyl halides is 3. The van der Waals surface area contributed by atoms with Gasteiger partial charge in [0.15, 0.2) is 5.54 Å². The molecular formula is C42H46F3N5O5. The van der Waals surface area contributed by atoms with Gasteiger partial charge in [-0.3, -0.25) is 19.3 Å². The fourth-order valence-corrected chi connectivity index (χ4v) is 8.48. The number of nitrogens with zero attached hydrogens (tertiary/aromatic N) is 4. The summed E-state index contributed by atoms with van der Waals surface area (Å²) in [7, 11) is 0. The molecule has 4 atom stereocenters. The van der Waals surface area contributed by atoms with E-state index in [0.29, 0.717) is 32.0 Å². The molecule has 4 fully saturated rings. The number of ether oxygens (including phenoxy) is 1. The van der Waals surface area contributed by atoms with E-state index in [9.17, 15) is 32.3 Å². The molecule has 0 aromatic heterocycles. The Balaban J connectivity index is 1.23. The summed E-state index contributed by atoms with van der Waals surface area (Å²) >= 11 is 0. The first-order valence-electron chi connectivity index (χ1n) is 19.0. The second-order valence-corrected chi connectivity index (χ2v) is 14.9. The number of hydrogen-bond donors (Lipinski definition) is 1. The number of carbonyl (C=O) groups is 4. The molecule has 13 heteroatoms. The van der Waals surface area contributed by atoms with Crippen LogP contribution in [0.5, 0.6) is 0 Å². The molecule has 10 nitrogen and oxygen atoms in total. The summed E-state index contributed by atoms with van der Waals surface area (Å²) in [6, 6.07) is 20.8. The van der Waals surface area contributed by atoms with Crippen LogP contribution in [0.3, 0.4) is 0 Å². The van der Waals surface area contributed by atoms with Crippen molar-refractivity contribution in [1.82, 2.24) is 24.9 Å². The van der Waals surface area contributed by atoms with E-state index in [1.54, 1.807) is 17.1 Å². The lowest BCUT2D eigenvalue weighted by atomic mass is 9.81. The van der Waals surface area contributed by atoms with Gasteiger partial charge in [0.1, 0.15) is 12.6 Å². The number of amides is 4. The molecule has 4 aliphatic heterocycles. The molecule has 7 rings (SSSR count). The molecule has 0 radical (unpaired) electrons. The van der Waals surface area contributed by atoms with Crippen LogP contribution < -0.4 is 5.32 Å². The number of carbonyl (C=O) groups excluding carboxylic acids is 4. The quantitative estimate of drug-likeness (QED) is 0.200. The normalized spacial score (nSPS) is 23.7. The summed E-state index contributed by atoms with van der Waals surface area (Å²) in [5, 5.41) is 2.71. The van der Waals surface area contributed by atoms with Crippen LogP contribution in [-0.4, -0.2) is 99.9 Å². The van der Waals surface area contributed by atoms with Crippen molar-refractivity contribution in [3.05, 3.63) is 113 Å². The second kappa shape index (κ2) is 15.9. The molecule has 0 aliphatic carbocycles. The van der Waals surface area contributed by atoms with Crippen LogP contribution in [0.2, 0.25) is 0 Å². The second-order valence-electron chi connectivity index (χ2n) is 14.9. The van der Waals surface area contributed by atoms with Crippen LogP contribution in [0, 0.1) is 0 Å². The molecule has 4 amide bonds. The van der Waals surface area contributed by atoms with Crippen LogP contribution in [0.15, 0.2) is 91.0 Å². The average Bonchev–Trinajstić information content (AvgIpc) is 3.58. The first-order chi connectivity index (χ1) is 26.5. The zero-order chi connectivity index (χ0) is 38.7. The number of rotatable bonds is 10. The molecule has 55 heavy (non-hydrogen) atoms. The molecule has 1 N–H and O–H groups in total. The smallest absolute Gasteiger partial charge is 0.416 e. The molecule has 0 spiro atoms. The first kappa shape index (κ1) is 38.1. The van der Waals surface area contributed by atoms with Gasteiger partial charge in [0.25, 0.3) is 11.8 Å². The first-order valence-corrected chi connectivity index (χ1v) is 19.0. The zero-order valence-electron chi connectivity index (χ0n) is 30.8. The number of cyclic esters (lactones) is 1. The van der Waals surface area contributed by atoms with Gasteiger partial charge in [0, 0.05) is 25.7 Å². The van der Waals surface area contributed by atoms with Gasteiger partial charge in [0.05, 0.1) is 17.6 Å². The molecule has 3 aromatic carbocycles. The van der Waals surface area contributed by atoms with Crippen molar-refractivity contribution in [3.8, 4) is 0 Å². The molecule has 0 bridgehead atoms. The number of nitrogens with one attached hydrogen (secondary N) is 1. The lowest BCUT2D eigenvalue weighted by Gasteiger charge is -2.56. The van der Waals surface area contributed by atoms with E-state index < -0.39 is 59.2 Å². The summed E-state index contributed by atoms with van der Waals surface area (Å²) in [5.41, 5.74) is -1.25. The minimum absolute atomic E-state index is 0.0153. The van der Waals surface area contributed by atoms with Gasteiger partial charge in [0.2, 0.25) is 5.91 Å². The minimum atomic E-state index is -4.59. The van der Waals surface area contributed by atoms with Gasteiger partial charge in [-0.15, -0.1) is 0 Å². The SMILES string of the molecule is C[C@](C(=O)NCc1cccc(C(F)(F)F)c1)(C(=O)N1CCC(N2CCCCC2)CC1)N1C(=O)[C@@H](N2C(=O)OC[C@@H]2c2ccccc2)[C@H]1/C=C/c1ccccc1. The largest absolute Gasteiger partial charge is 0.447 e. The van der Waals surface area contributed by atoms with E-state index in [4.69, 9.17) is 4.74 Å². The van der Waals surface area contributed by atoms with Crippen molar-refractivity contribution < 1.29 is 37.1 Å². The lowest BCUT2D eigenvalue weighted by Crippen LogP contribution is -2.80. The predicted octanol–water partition coefficient (Wildman–Crippen LogP) is 6.04. The number of likely N-dealkylation sites (tertiary alicyclic amines) is 3. The van der Waals surface area contributed by atoms with Crippen LogP contribution in [0.25, 0.3) is 6.08 Å². The van der Waals surface area contributed by atoms with Gasteiger partial charge in [-0.25, -0.2) is 4.79 Å². The van der Waals surface area contributed by atoms with Crippen molar-refractivity contribution in [3.63, 3.8) is 0 Å². The third-order valence-corrected chi connectivity index (χ3v) is 11.5. The van der Waals surface area contributed by atoms with Crippen LogP contribution in [0.1, 0.15) is 67.3 Å². The maximum absolute atomic E-state index is 14.9. The molecule has 4 saturated heterocycles. The predicted molar refractivity (Wildman–Crippen MR) is 199 cm³/mol. The number of halogens is 3. The van der Waals surface area contributed by atoms with E-state index in [1.165, 1.54) is 35.3 Å². The Morgan fingerprint density at radius 3 is 2.22 bits per heavy atom. The van der Waals surface area contributed by atoms with E-state index in [1.807, 2.05) is 60.7 Å². The molecule has 290 valence electrons. The summed E-state index contributed by atoms with van der Waals surface area (Å²) in [4.78, 5) is 64.3. The fourth-order valence-electron chi connectivity index (χ4n) is 8.48. The van der Waals surface area contributed by atoms with Crippen molar-refractivity contribution in [2.24, 2.45) is 0 Å². The van der Waals surface area contributed by atoms with Gasteiger partial charge in [-0.05, 0) is 74.5 Å². The highest BCUT2D eigenvalue weighted by Crippen LogP contribution is 2.42. The molecule has 4 aliphatic rings. The molecule has 0 unspecified atom stereocenters. The van der Waals surface area contributed by atoms with E-state index in [2.05, 4.69) is 10.2 Å². The molecule has 0 saturated carbocycles. The maximum Gasteiger partial charge on any atom is 0.416 e. The molecule has 4 heterocycles. The van der Waals surface area contributed by atoms with Gasteiger partial charge < -0.3 is 24.8 Å². The summed E-state index contributed by atoms with van der Waals surface area (Å²) in [5.74, 6) is -2.03. The van der Waals surface area contributed by atoms with Crippen molar-refractivity contribution in [2.75, 3.05) is 32.8 Å². The summed E-state index contributed by atoms with van der Waals surface area (Å²) < 4.78 is 46.2. The fraction of sp³-hybridized carbons (Fsp3) is 0.429. The van der Waals surface area contributed by atoms with Crippen LogP contribution in [0.4, 0.5) is 18.0 Å². The third-order valence-electron chi connectivity index (χ3n) is 11.5. The highest BCUT2D eigenvalue weighted by molar-refractivity contribution is 6.14. The summed E-state index contributed by atoms with van der Waals surface area (Å²) in [6.45, 7) is 3.88. The monoisotopic (exact) mass is 757 g/mol. The van der Waals surface area contributed by atoms with Gasteiger partial charge >= 0.3 is 12.3 Å². The summed E-state index contributed by atoms with van der Waals surface area (Å²) in [6.07, 6.45) is 3.12. The van der Waals surface area contributed by atoms with E-state index in [-0.39, 0.29) is 18.7 Å². The molecular weight excluding hydrogens is 711 g/mol. The van der Waals surface area contributed by atoms with Gasteiger partial charge in [-0.2, -0.15) is 13.2 Å². The standard InChI is InChI=1S/C42H46F3N5O5/c1-41(38(52)46-27-30-14-11-17-32(26-30)42(43,44)45,39(53)48-24-20-33(21-25-48)47-22-9-4-10-23-47)50-34(19-18-29-12-5-2-6-13-29)36(37(50)51)49-35(28-55-40(49)54)31-15-7-3-8-16-31/h2-3,5-8,11-19,26,33-36H,4,9-10,20-25,27-28H2,1H3,(H,46,52)/b19-18+/t34-,35-,36+,41+/m1/s1. The van der Waals surface area contributed by atoms with Crippen molar-refractivity contribution >= 4 is 29.9 Å². The Morgan fingerprint density at radius 1 is 0.873 bits per heavy atom. The molecule has 3 aromatic rings. The highest BCUT2D eigenvalue weighted by Gasteiger charge is 2.64. The Bertz CT molecular complexity index is 1900. The topological polar surface area (TPSA) is 103 Å². The minimum Gasteiger partial charge on any atom is -0.447 e. The zero-order valence-corrected chi connectivity index (χ0v) is 30.8. The third kappa shape index (κ3) is 7.71. The number of piperidine rings is 2. The average molecular weight is 758 g/mol. The van der Waals surface area contributed by atoms with Crippen LogP contribution >= 0.6 is 0 Å². The Morgan fingerprint density at radius 2 is 1.55 bits per heavy atom. The Hall–Kier alpha value is -5.17. The van der Waals surface area contributed by atoms with Crippen molar-refractivity contribution in [2.45, 2.75) is 81.5 Å². The number of hydrogen-bond acceptors (Lipinski definition) is 6. The van der Waals surface area contributed by atoms with E-state index >= 15 is 0 Å². The Labute approximate surface area is 318 Å². The van der Waals surface area contributed by atoms with E-state index in [0.717, 1.165) is 49.2 Å². The maximum atomic E-state index is 14.9. The highest BCUT2D eigenvalue weighted by atomic mass is 19.4. The Kier molecular flexibility index (Phi) is 11.0. The van der Waals surface area contributed by atoms with Crippen LogP contribution in [-0.2, 0) is 31.8 Å². The lowest BCUT2D eigenvalue weighted by molar-refractivity contribution is -0.179.